The van der Waals surface area contributed by atoms with E-state index in [4.69, 9.17) is 4.74 Å². The number of piperazine rings is 1. The quantitative estimate of drug-likeness (QED) is 0.880. The van der Waals surface area contributed by atoms with Gasteiger partial charge in [0.1, 0.15) is 29.8 Å². The largest absolute Gasteiger partial charge is 0.488 e. The van der Waals surface area contributed by atoms with Gasteiger partial charge in [0.05, 0.1) is 6.54 Å². The van der Waals surface area contributed by atoms with Gasteiger partial charge in [-0.15, -0.1) is 0 Å². The third-order valence-electron chi connectivity index (χ3n) is 4.02. The van der Waals surface area contributed by atoms with Crippen LogP contribution in [0.5, 0.6) is 5.75 Å². The van der Waals surface area contributed by atoms with E-state index in [1.165, 1.54) is 17.0 Å². The van der Waals surface area contributed by atoms with E-state index in [0.717, 1.165) is 5.56 Å². The smallest absolute Gasteiger partial charge is 0.245 e. The van der Waals surface area contributed by atoms with Gasteiger partial charge in [0.25, 0.3) is 0 Å². The highest BCUT2D eigenvalue weighted by molar-refractivity contribution is 5.96. The second-order valence-electron chi connectivity index (χ2n) is 5.59. The van der Waals surface area contributed by atoms with Gasteiger partial charge in [-0.1, -0.05) is 0 Å². The van der Waals surface area contributed by atoms with E-state index in [-0.39, 0.29) is 23.7 Å². The minimum absolute atomic E-state index is 0.118. The van der Waals surface area contributed by atoms with Gasteiger partial charge in [-0.2, -0.15) is 0 Å². The topological polar surface area (TPSA) is 58.6 Å². The molecule has 3 atom stereocenters. The Morgan fingerprint density at radius 3 is 2.90 bits per heavy atom. The fourth-order valence-electron chi connectivity index (χ4n) is 2.84. The van der Waals surface area contributed by atoms with Gasteiger partial charge < -0.3 is 15.0 Å². The number of nitrogens with one attached hydrogen (secondary N) is 1. The Kier molecular flexibility index (Phi) is 3.31. The summed E-state index contributed by atoms with van der Waals surface area (Å²) in [6.45, 7) is 3.69. The van der Waals surface area contributed by atoms with Crippen molar-refractivity contribution in [1.82, 2.24) is 10.2 Å². The standard InChI is InChI=1S/C15H17FN2O3/c1-8-15(20)18(9(2)14(19)17-8)7-12-6-10-5-11(16)3-4-13(10)21-12/h3-5,8-9,12H,6-7H2,1-2H3,(H,17,19). The van der Waals surface area contributed by atoms with Crippen LogP contribution in [0.15, 0.2) is 18.2 Å². The molecule has 2 amide bonds. The Hall–Kier alpha value is -2.11. The average Bonchev–Trinajstić information content (AvgIpc) is 2.83. The van der Waals surface area contributed by atoms with Gasteiger partial charge in [-0.05, 0) is 32.0 Å². The van der Waals surface area contributed by atoms with E-state index in [2.05, 4.69) is 5.32 Å². The predicted octanol–water partition coefficient (Wildman–Crippen LogP) is 0.865. The van der Waals surface area contributed by atoms with Crippen molar-refractivity contribution >= 4 is 11.8 Å². The van der Waals surface area contributed by atoms with Crippen molar-refractivity contribution in [2.24, 2.45) is 0 Å². The van der Waals surface area contributed by atoms with Crippen molar-refractivity contribution < 1.29 is 18.7 Å². The summed E-state index contributed by atoms with van der Waals surface area (Å²) in [6, 6.07) is 3.37. The Morgan fingerprint density at radius 1 is 1.38 bits per heavy atom. The fraction of sp³-hybridized carbons (Fsp3) is 0.467. The third kappa shape index (κ3) is 2.46. The first-order chi connectivity index (χ1) is 9.95. The molecular weight excluding hydrogens is 275 g/mol. The molecule has 0 aliphatic carbocycles. The molecule has 3 rings (SSSR count). The van der Waals surface area contributed by atoms with E-state index >= 15 is 0 Å². The lowest BCUT2D eigenvalue weighted by molar-refractivity contribution is -0.149. The Labute approximate surface area is 122 Å². The molecule has 0 saturated carbocycles. The normalized spacial score (nSPS) is 28.1. The summed E-state index contributed by atoms with van der Waals surface area (Å²) in [7, 11) is 0. The summed E-state index contributed by atoms with van der Waals surface area (Å²) < 4.78 is 18.9. The van der Waals surface area contributed by atoms with E-state index in [1.807, 2.05) is 0 Å². The average molecular weight is 292 g/mol. The number of nitrogens with zero attached hydrogens (tertiary/aromatic N) is 1. The van der Waals surface area contributed by atoms with Crippen molar-refractivity contribution in [2.45, 2.75) is 38.5 Å². The summed E-state index contributed by atoms with van der Waals surface area (Å²) in [4.78, 5) is 25.5. The van der Waals surface area contributed by atoms with Gasteiger partial charge in [0.15, 0.2) is 0 Å². The zero-order valence-electron chi connectivity index (χ0n) is 11.9. The number of rotatable bonds is 2. The van der Waals surface area contributed by atoms with Crippen LogP contribution >= 0.6 is 0 Å². The van der Waals surface area contributed by atoms with Crippen molar-refractivity contribution in [3.8, 4) is 5.75 Å². The van der Waals surface area contributed by atoms with Crippen LogP contribution in [0, 0.1) is 5.82 Å². The molecule has 1 aromatic carbocycles. The zero-order chi connectivity index (χ0) is 15.1. The van der Waals surface area contributed by atoms with Crippen LogP contribution in [0.25, 0.3) is 0 Å². The van der Waals surface area contributed by atoms with E-state index in [9.17, 15) is 14.0 Å². The van der Waals surface area contributed by atoms with Crippen LogP contribution in [0.1, 0.15) is 19.4 Å². The van der Waals surface area contributed by atoms with Crippen LogP contribution in [0.3, 0.4) is 0 Å². The number of fused-ring (bicyclic) bond motifs is 1. The molecule has 1 N–H and O–H groups in total. The highest BCUT2D eigenvalue weighted by Gasteiger charge is 2.38. The number of halogens is 1. The Morgan fingerprint density at radius 2 is 2.14 bits per heavy atom. The maximum absolute atomic E-state index is 13.2. The van der Waals surface area contributed by atoms with Crippen LogP contribution in [0.4, 0.5) is 4.39 Å². The molecule has 1 fully saturated rings. The summed E-state index contributed by atoms with van der Waals surface area (Å²) in [5, 5.41) is 2.64. The molecule has 1 aromatic rings. The maximum Gasteiger partial charge on any atom is 0.245 e. The number of ether oxygens (including phenoxy) is 1. The van der Waals surface area contributed by atoms with Crippen LogP contribution in [-0.4, -0.2) is 41.4 Å². The zero-order valence-corrected chi connectivity index (χ0v) is 11.9. The molecule has 6 heteroatoms. The Bertz CT molecular complexity index is 605. The van der Waals surface area contributed by atoms with Crippen molar-refractivity contribution in [2.75, 3.05) is 6.54 Å². The van der Waals surface area contributed by atoms with Gasteiger partial charge in [-0.25, -0.2) is 4.39 Å². The summed E-state index contributed by atoms with van der Waals surface area (Å²) in [5.74, 6) is 0.0703. The maximum atomic E-state index is 13.2. The second-order valence-corrected chi connectivity index (χ2v) is 5.59. The molecule has 2 heterocycles. The lowest BCUT2D eigenvalue weighted by Crippen LogP contribution is -2.62. The van der Waals surface area contributed by atoms with Crippen molar-refractivity contribution in [3.63, 3.8) is 0 Å². The molecule has 0 spiro atoms. The number of hydrogen-bond acceptors (Lipinski definition) is 3. The molecule has 5 nitrogen and oxygen atoms in total. The fourth-order valence-corrected chi connectivity index (χ4v) is 2.84. The molecule has 0 bridgehead atoms. The second kappa shape index (κ2) is 5.02. The number of benzene rings is 1. The first kappa shape index (κ1) is 13.9. The minimum atomic E-state index is -0.519. The van der Waals surface area contributed by atoms with Gasteiger partial charge in [0, 0.05) is 12.0 Å². The molecule has 0 radical (unpaired) electrons. The molecule has 2 aliphatic rings. The third-order valence-corrected chi connectivity index (χ3v) is 4.02. The lowest BCUT2D eigenvalue weighted by atomic mass is 10.1. The van der Waals surface area contributed by atoms with Crippen LogP contribution < -0.4 is 10.1 Å². The van der Waals surface area contributed by atoms with Gasteiger partial charge in [-0.3, -0.25) is 9.59 Å². The van der Waals surface area contributed by atoms with Crippen molar-refractivity contribution in [1.29, 1.82) is 0 Å². The highest BCUT2D eigenvalue weighted by Crippen LogP contribution is 2.30. The Balaban J connectivity index is 1.73. The number of amides is 2. The minimum Gasteiger partial charge on any atom is -0.488 e. The van der Waals surface area contributed by atoms with Gasteiger partial charge in [0.2, 0.25) is 11.8 Å². The molecule has 3 unspecified atom stereocenters. The molecule has 112 valence electrons. The van der Waals surface area contributed by atoms with Gasteiger partial charge >= 0.3 is 0 Å². The van der Waals surface area contributed by atoms with Crippen molar-refractivity contribution in [3.05, 3.63) is 29.6 Å². The number of hydrogen-bond donors (Lipinski definition) is 1. The summed E-state index contributed by atoms with van der Waals surface area (Å²) >= 11 is 0. The van der Waals surface area contributed by atoms with E-state index < -0.39 is 12.1 Å². The number of carbonyl (C=O) groups is 2. The SMILES string of the molecule is CC1NC(=O)C(C)N(CC2Cc3cc(F)ccc3O2)C1=O. The molecule has 21 heavy (non-hydrogen) atoms. The van der Waals surface area contributed by atoms with E-state index in [0.29, 0.717) is 18.7 Å². The molecule has 2 aliphatic heterocycles. The summed E-state index contributed by atoms with van der Waals surface area (Å²) in [6.07, 6.45) is 0.297. The lowest BCUT2D eigenvalue weighted by Gasteiger charge is -2.37. The predicted molar refractivity (Wildman–Crippen MR) is 73.3 cm³/mol. The first-order valence-electron chi connectivity index (χ1n) is 7.01. The van der Waals surface area contributed by atoms with Crippen LogP contribution in [-0.2, 0) is 16.0 Å². The highest BCUT2D eigenvalue weighted by atomic mass is 19.1. The summed E-state index contributed by atoms with van der Waals surface area (Å²) in [5.41, 5.74) is 0.801. The van der Waals surface area contributed by atoms with E-state index in [1.54, 1.807) is 19.9 Å². The van der Waals surface area contributed by atoms with Crippen LogP contribution in [0.2, 0.25) is 0 Å². The molecular formula is C15H17FN2O3. The molecule has 1 saturated heterocycles. The monoisotopic (exact) mass is 292 g/mol. The molecule has 0 aromatic heterocycles. The first-order valence-corrected chi connectivity index (χ1v) is 7.01. The number of carbonyl (C=O) groups excluding carboxylic acids is 2.